The fourth-order valence-electron chi connectivity index (χ4n) is 4.42. The van der Waals surface area contributed by atoms with Crippen LogP contribution >= 0.6 is 11.3 Å². The van der Waals surface area contributed by atoms with E-state index < -0.39 is 6.10 Å². The molecule has 1 N–H and O–H groups in total. The van der Waals surface area contributed by atoms with Crippen molar-refractivity contribution in [1.82, 2.24) is 9.88 Å². The van der Waals surface area contributed by atoms with Gasteiger partial charge in [-0.05, 0) is 56.6 Å². The van der Waals surface area contributed by atoms with E-state index in [1.807, 2.05) is 30.3 Å². The van der Waals surface area contributed by atoms with Crippen LogP contribution in [0.1, 0.15) is 30.7 Å². The maximum atomic E-state index is 14.0. The summed E-state index contributed by atoms with van der Waals surface area (Å²) < 4.78 is 26.2. The number of aromatic nitrogens is 1. The van der Waals surface area contributed by atoms with Gasteiger partial charge in [0.2, 0.25) is 0 Å². The molecule has 0 spiro atoms. The largest absolute Gasteiger partial charge is 0.490 e. The Morgan fingerprint density at radius 2 is 2.16 bits per heavy atom. The molecule has 31 heavy (non-hydrogen) atoms. The Bertz CT molecular complexity index is 1190. The van der Waals surface area contributed by atoms with Crippen LogP contribution in [0.2, 0.25) is 0 Å². The van der Waals surface area contributed by atoms with E-state index in [1.165, 1.54) is 6.07 Å². The molecule has 0 amide bonds. The van der Waals surface area contributed by atoms with Gasteiger partial charge in [-0.15, -0.1) is 11.3 Å². The second-order valence-corrected chi connectivity index (χ2v) is 9.32. The molecule has 0 unspecified atom stereocenters. The van der Waals surface area contributed by atoms with E-state index in [9.17, 15) is 9.50 Å². The number of aliphatic hydroxyl groups excluding tert-OH is 1. The molecule has 0 bridgehead atoms. The second kappa shape index (κ2) is 8.57. The average molecular weight is 441 g/mol. The molecule has 1 aliphatic rings. The van der Waals surface area contributed by atoms with Gasteiger partial charge in [-0.25, -0.2) is 9.37 Å². The molecule has 0 radical (unpaired) electrons. The van der Waals surface area contributed by atoms with E-state index in [4.69, 9.17) is 9.15 Å². The zero-order valence-corrected chi connectivity index (χ0v) is 18.1. The van der Waals surface area contributed by atoms with Gasteiger partial charge in [-0.3, -0.25) is 4.90 Å². The molecule has 0 aliphatic carbocycles. The van der Waals surface area contributed by atoms with E-state index in [1.54, 1.807) is 23.7 Å². The monoisotopic (exact) mass is 440 g/mol. The van der Waals surface area contributed by atoms with Crippen molar-refractivity contribution in [3.05, 3.63) is 59.6 Å². The highest BCUT2D eigenvalue weighted by Gasteiger charge is 2.29. The van der Waals surface area contributed by atoms with E-state index in [2.05, 4.69) is 16.8 Å². The Kier molecular flexibility index (Phi) is 5.65. The van der Waals surface area contributed by atoms with Crippen LogP contribution in [0, 0.1) is 5.82 Å². The lowest BCUT2D eigenvalue weighted by atomic mass is 9.92. The van der Waals surface area contributed by atoms with Crippen molar-refractivity contribution in [3.63, 3.8) is 0 Å². The lowest BCUT2D eigenvalue weighted by Crippen LogP contribution is -2.45. The molecule has 2 aromatic heterocycles. The smallest absolute Gasteiger partial charge is 0.150 e. The molecule has 4 aromatic rings. The highest BCUT2D eigenvalue weighted by atomic mass is 32.1. The number of ether oxygens (including phenoxy) is 1. The highest BCUT2D eigenvalue weighted by molar-refractivity contribution is 7.18. The normalized spacial score (nSPS) is 21.0. The highest BCUT2D eigenvalue weighted by Crippen LogP contribution is 2.36. The molecule has 1 saturated heterocycles. The third kappa shape index (κ3) is 4.18. The number of hydrogen-bond acceptors (Lipinski definition) is 6. The van der Waals surface area contributed by atoms with Crippen molar-refractivity contribution in [2.75, 3.05) is 19.7 Å². The van der Waals surface area contributed by atoms with Crippen LogP contribution in [0.4, 0.5) is 4.39 Å². The number of aliphatic hydroxyl groups is 1. The summed E-state index contributed by atoms with van der Waals surface area (Å²) in [4.78, 5) is 6.89. The molecular formula is C24H25FN2O3S. The minimum absolute atomic E-state index is 0.230. The Morgan fingerprint density at radius 3 is 3.00 bits per heavy atom. The summed E-state index contributed by atoms with van der Waals surface area (Å²) in [5, 5.41) is 12.5. The Hall–Kier alpha value is -2.48. The van der Waals surface area contributed by atoms with Gasteiger partial charge in [0, 0.05) is 18.5 Å². The molecule has 5 nitrogen and oxygen atoms in total. The van der Waals surface area contributed by atoms with Crippen LogP contribution in [0.15, 0.2) is 53.1 Å². The number of rotatable bonds is 6. The molecule has 162 valence electrons. The number of fused-ring (bicyclic) bond motifs is 2. The molecular weight excluding hydrogens is 415 g/mol. The first-order chi connectivity index (χ1) is 15.1. The number of para-hydroxylation sites is 1. The first-order valence-corrected chi connectivity index (χ1v) is 11.5. The quantitative estimate of drug-likeness (QED) is 0.447. The van der Waals surface area contributed by atoms with E-state index in [0.717, 1.165) is 45.8 Å². The number of halogens is 1. The average Bonchev–Trinajstić information content (AvgIpc) is 3.41. The molecule has 3 heterocycles. The van der Waals surface area contributed by atoms with Gasteiger partial charge in [-0.1, -0.05) is 12.1 Å². The topological polar surface area (TPSA) is 58.7 Å². The first-order valence-electron chi connectivity index (χ1n) is 10.6. The SMILES string of the molecule is C[C@@H]1C[C@@H](c2nc3c(F)cccc3s2)CCN1C[C@H](O)COc1cccc2occc12. The Morgan fingerprint density at radius 1 is 1.29 bits per heavy atom. The van der Waals surface area contributed by atoms with E-state index >= 15 is 0 Å². The summed E-state index contributed by atoms with van der Waals surface area (Å²) >= 11 is 1.60. The van der Waals surface area contributed by atoms with Crippen molar-refractivity contribution >= 4 is 32.5 Å². The number of likely N-dealkylation sites (tertiary alicyclic amines) is 1. The predicted molar refractivity (Wildman–Crippen MR) is 120 cm³/mol. The summed E-state index contributed by atoms with van der Waals surface area (Å²) in [6.07, 6.45) is 2.95. The summed E-state index contributed by atoms with van der Waals surface area (Å²) in [6, 6.07) is 13.0. The molecule has 2 aromatic carbocycles. The number of furan rings is 1. The summed E-state index contributed by atoms with van der Waals surface area (Å²) in [7, 11) is 0. The Labute approximate surface area is 184 Å². The summed E-state index contributed by atoms with van der Waals surface area (Å²) in [6.45, 7) is 3.84. The molecule has 0 saturated carbocycles. The molecule has 1 fully saturated rings. The van der Waals surface area contributed by atoms with Crippen molar-refractivity contribution in [2.24, 2.45) is 0 Å². The van der Waals surface area contributed by atoms with Gasteiger partial charge in [0.15, 0.2) is 0 Å². The fourth-order valence-corrected chi connectivity index (χ4v) is 5.55. The Balaban J connectivity index is 1.18. The summed E-state index contributed by atoms with van der Waals surface area (Å²) in [5.41, 5.74) is 1.26. The molecule has 7 heteroatoms. The van der Waals surface area contributed by atoms with Gasteiger partial charge in [0.25, 0.3) is 0 Å². The fraction of sp³-hybridized carbons (Fsp3) is 0.375. The first kappa shape index (κ1) is 20.4. The van der Waals surface area contributed by atoms with Crippen molar-refractivity contribution < 1.29 is 18.7 Å². The van der Waals surface area contributed by atoms with Crippen LogP contribution in [0.25, 0.3) is 21.2 Å². The molecule has 3 atom stereocenters. The van der Waals surface area contributed by atoms with E-state index in [-0.39, 0.29) is 12.4 Å². The van der Waals surface area contributed by atoms with Gasteiger partial charge in [0.1, 0.15) is 35.4 Å². The maximum absolute atomic E-state index is 14.0. The van der Waals surface area contributed by atoms with Gasteiger partial charge in [-0.2, -0.15) is 0 Å². The van der Waals surface area contributed by atoms with Crippen LogP contribution in [0.3, 0.4) is 0 Å². The predicted octanol–water partition coefficient (Wildman–Crippen LogP) is 5.19. The number of thiazole rings is 1. The number of nitrogens with zero attached hydrogens (tertiary/aromatic N) is 2. The van der Waals surface area contributed by atoms with Gasteiger partial charge in [0.05, 0.1) is 21.4 Å². The molecule has 5 rings (SSSR count). The van der Waals surface area contributed by atoms with Gasteiger partial charge >= 0.3 is 0 Å². The zero-order chi connectivity index (χ0) is 21.4. The van der Waals surface area contributed by atoms with Gasteiger partial charge < -0.3 is 14.3 Å². The van der Waals surface area contributed by atoms with Crippen LogP contribution in [-0.4, -0.2) is 46.8 Å². The van der Waals surface area contributed by atoms with Crippen molar-refractivity contribution in [2.45, 2.75) is 37.8 Å². The standard InChI is InChI=1S/C24H25FN2O3S/c1-15-12-16(24-26-23-19(25)4-2-7-22(23)31-24)8-10-27(15)13-17(28)14-30-21-6-3-5-20-18(21)9-11-29-20/h2-7,9,11,15-17,28H,8,10,12-14H2,1H3/t15-,16+,17+/m1/s1. The minimum Gasteiger partial charge on any atom is -0.490 e. The zero-order valence-electron chi connectivity index (χ0n) is 17.3. The van der Waals surface area contributed by atoms with Crippen LogP contribution in [-0.2, 0) is 0 Å². The van der Waals surface area contributed by atoms with Crippen molar-refractivity contribution in [1.29, 1.82) is 0 Å². The lowest BCUT2D eigenvalue weighted by molar-refractivity contribution is 0.0405. The summed E-state index contributed by atoms with van der Waals surface area (Å²) in [5.74, 6) is 0.801. The third-order valence-corrected chi connectivity index (χ3v) is 7.26. The van der Waals surface area contributed by atoms with Crippen LogP contribution < -0.4 is 4.74 Å². The lowest BCUT2D eigenvalue weighted by Gasteiger charge is -2.38. The van der Waals surface area contributed by atoms with E-state index in [0.29, 0.717) is 24.0 Å². The van der Waals surface area contributed by atoms with Crippen LogP contribution in [0.5, 0.6) is 5.75 Å². The van der Waals surface area contributed by atoms with Crippen molar-refractivity contribution in [3.8, 4) is 5.75 Å². The number of benzene rings is 2. The minimum atomic E-state index is -0.585. The number of β-amino-alcohol motifs (C(OH)–C–C–N with tert-alkyl or cyclic N) is 1. The number of piperidine rings is 1. The number of hydrogen-bond donors (Lipinski definition) is 1. The molecule has 1 aliphatic heterocycles. The third-order valence-electron chi connectivity index (χ3n) is 6.08. The second-order valence-electron chi connectivity index (χ2n) is 8.26. The maximum Gasteiger partial charge on any atom is 0.150 e.